The average Bonchev–Trinajstić information content (AvgIpc) is 2.24. The standard InChI is InChI=1S/C14H22N2O4S/c1-14(2,3)9-11(8-13(17)18)16-10-4-6-12(7-5-10)21(15,19)20/h4-7,11,16H,8-9H2,1-3H3,(H,17,18)(H2,15,19,20). The Bertz CT molecular complexity index is 588. The molecule has 1 aromatic carbocycles. The topological polar surface area (TPSA) is 109 Å². The van der Waals surface area contributed by atoms with Gasteiger partial charge < -0.3 is 10.4 Å². The number of anilines is 1. The maximum absolute atomic E-state index is 11.2. The van der Waals surface area contributed by atoms with Gasteiger partial charge in [-0.1, -0.05) is 20.8 Å². The van der Waals surface area contributed by atoms with Crippen molar-refractivity contribution < 1.29 is 18.3 Å². The van der Waals surface area contributed by atoms with Crippen LogP contribution in [0, 0.1) is 5.41 Å². The number of hydrogen-bond donors (Lipinski definition) is 3. The minimum Gasteiger partial charge on any atom is -0.481 e. The van der Waals surface area contributed by atoms with E-state index in [1.807, 2.05) is 20.8 Å². The van der Waals surface area contributed by atoms with E-state index in [2.05, 4.69) is 5.32 Å². The van der Waals surface area contributed by atoms with Crippen LogP contribution < -0.4 is 10.5 Å². The highest BCUT2D eigenvalue weighted by Gasteiger charge is 2.21. The normalized spacial score (nSPS) is 13.7. The number of carboxylic acid groups (broad SMARTS) is 1. The Hall–Kier alpha value is -1.60. The third-order valence-electron chi connectivity index (χ3n) is 2.83. The van der Waals surface area contributed by atoms with E-state index in [1.165, 1.54) is 12.1 Å². The van der Waals surface area contributed by atoms with Crippen LogP contribution in [0.4, 0.5) is 5.69 Å². The van der Waals surface area contributed by atoms with Crippen molar-refractivity contribution in [3.63, 3.8) is 0 Å². The van der Waals surface area contributed by atoms with Gasteiger partial charge in [-0.3, -0.25) is 4.79 Å². The zero-order chi connectivity index (χ0) is 16.3. The summed E-state index contributed by atoms with van der Waals surface area (Å²) in [6.07, 6.45) is 0.671. The lowest BCUT2D eigenvalue weighted by Gasteiger charge is -2.26. The van der Waals surface area contributed by atoms with Crippen molar-refractivity contribution in [3.05, 3.63) is 24.3 Å². The highest BCUT2D eigenvalue weighted by molar-refractivity contribution is 7.89. The molecule has 0 aromatic heterocycles. The molecule has 0 saturated carbocycles. The molecule has 0 aliphatic heterocycles. The number of nitrogens with one attached hydrogen (secondary N) is 1. The van der Waals surface area contributed by atoms with E-state index in [4.69, 9.17) is 10.2 Å². The van der Waals surface area contributed by atoms with Crippen molar-refractivity contribution in [2.45, 2.75) is 44.6 Å². The molecule has 0 saturated heterocycles. The lowest BCUT2D eigenvalue weighted by atomic mass is 9.87. The third-order valence-corrected chi connectivity index (χ3v) is 3.76. The second kappa shape index (κ2) is 6.44. The number of aliphatic carboxylic acids is 1. The van der Waals surface area contributed by atoms with Gasteiger partial charge in [-0.15, -0.1) is 0 Å². The summed E-state index contributed by atoms with van der Waals surface area (Å²) < 4.78 is 22.4. The number of primary sulfonamides is 1. The highest BCUT2D eigenvalue weighted by Crippen LogP contribution is 2.25. The summed E-state index contributed by atoms with van der Waals surface area (Å²) in [7, 11) is -3.72. The Labute approximate surface area is 125 Å². The van der Waals surface area contributed by atoms with Gasteiger partial charge in [0, 0.05) is 11.7 Å². The fourth-order valence-corrected chi connectivity index (χ4v) is 2.62. The Morgan fingerprint density at radius 3 is 2.19 bits per heavy atom. The molecule has 0 radical (unpaired) electrons. The predicted octanol–water partition coefficient (Wildman–Crippen LogP) is 2.03. The molecule has 21 heavy (non-hydrogen) atoms. The molecule has 118 valence electrons. The molecule has 1 atom stereocenters. The SMILES string of the molecule is CC(C)(C)CC(CC(=O)O)Nc1ccc(S(N)(=O)=O)cc1. The summed E-state index contributed by atoms with van der Waals surface area (Å²) in [5.41, 5.74) is 0.645. The summed E-state index contributed by atoms with van der Waals surface area (Å²) in [6, 6.07) is 5.72. The van der Waals surface area contributed by atoms with Crippen LogP contribution in [-0.2, 0) is 14.8 Å². The van der Waals surface area contributed by atoms with Crippen LogP contribution in [0.3, 0.4) is 0 Å². The predicted molar refractivity (Wildman–Crippen MR) is 81.6 cm³/mol. The maximum Gasteiger partial charge on any atom is 0.305 e. The van der Waals surface area contributed by atoms with Crippen LogP contribution >= 0.6 is 0 Å². The molecule has 0 heterocycles. The Balaban J connectivity index is 2.85. The molecule has 6 nitrogen and oxygen atoms in total. The minimum atomic E-state index is -3.72. The fourth-order valence-electron chi connectivity index (χ4n) is 2.10. The summed E-state index contributed by atoms with van der Waals surface area (Å²) in [5.74, 6) is -0.877. The smallest absolute Gasteiger partial charge is 0.305 e. The van der Waals surface area contributed by atoms with Crippen LogP contribution in [0.15, 0.2) is 29.2 Å². The summed E-state index contributed by atoms with van der Waals surface area (Å²) in [5, 5.41) is 17.1. The Kier molecular flexibility index (Phi) is 5.36. The van der Waals surface area contributed by atoms with Gasteiger partial charge in [0.2, 0.25) is 10.0 Å². The number of nitrogens with two attached hydrogens (primary N) is 1. The first-order valence-corrected chi connectivity index (χ1v) is 8.13. The maximum atomic E-state index is 11.2. The Morgan fingerprint density at radius 2 is 1.81 bits per heavy atom. The van der Waals surface area contributed by atoms with Gasteiger partial charge in [-0.2, -0.15) is 0 Å². The van der Waals surface area contributed by atoms with Crippen molar-refractivity contribution in [2.75, 3.05) is 5.32 Å². The molecule has 0 amide bonds. The molecular formula is C14H22N2O4S. The second-order valence-electron chi connectivity index (χ2n) is 6.27. The average molecular weight is 314 g/mol. The number of carbonyl (C=O) groups is 1. The molecule has 1 aromatic rings. The first-order valence-electron chi connectivity index (χ1n) is 6.58. The third kappa shape index (κ3) is 6.59. The van der Waals surface area contributed by atoms with Gasteiger partial charge in [0.05, 0.1) is 11.3 Å². The molecule has 0 spiro atoms. The molecule has 0 fully saturated rings. The van der Waals surface area contributed by atoms with Crippen LogP contribution in [-0.4, -0.2) is 25.5 Å². The summed E-state index contributed by atoms with van der Waals surface area (Å²) in [4.78, 5) is 11.0. The van der Waals surface area contributed by atoms with Gasteiger partial charge in [0.1, 0.15) is 0 Å². The van der Waals surface area contributed by atoms with E-state index in [0.29, 0.717) is 12.1 Å². The van der Waals surface area contributed by atoms with E-state index < -0.39 is 16.0 Å². The monoisotopic (exact) mass is 314 g/mol. The molecule has 0 bridgehead atoms. The van der Waals surface area contributed by atoms with Crippen LogP contribution in [0.1, 0.15) is 33.6 Å². The lowest BCUT2D eigenvalue weighted by molar-refractivity contribution is -0.137. The number of sulfonamides is 1. The van der Waals surface area contributed by atoms with Gasteiger partial charge in [0.25, 0.3) is 0 Å². The quantitative estimate of drug-likeness (QED) is 0.744. The van der Waals surface area contributed by atoms with Gasteiger partial charge >= 0.3 is 5.97 Å². The van der Waals surface area contributed by atoms with E-state index in [9.17, 15) is 13.2 Å². The van der Waals surface area contributed by atoms with Gasteiger partial charge in [-0.05, 0) is 36.1 Å². The molecule has 1 unspecified atom stereocenters. The molecular weight excluding hydrogens is 292 g/mol. The number of hydrogen-bond acceptors (Lipinski definition) is 4. The zero-order valence-electron chi connectivity index (χ0n) is 12.5. The van der Waals surface area contributed by atoms with E-state index >= 15 is 0 Å². The largest absolute Gasteiger partial charge is 0.481 e. The number of carboxylic acids is 1. The van der Waals surface area contributed by atoms with Crippen molar-refractivity contribution in [3.8, 4) is 0 Å². The fraction of sp³-hybridized carbons (Fsp3) is 0.500. The number of rotatable bonds is 6. The van der Waals surface area contributed by atoms with Crippen molar-refractivity contribution >= 4 is 21.7 Å². The first-order chi connectivity index (χ1) is 9.47. The molecule has 0 aliphatic carbocycles. The highest BCUT2D eigenvalue weighted by atomic mass is 32.2. The first kappa shape index (κ1) is 17.5. The lowest BCUT2D eigenvalue weighted by Crippen LogP contribution is -2.28. The van der Waals surface area contributed by atoms with E-state index in [0.717, 1.165) is 0 Å². The molecule has 0 aliphatic rings. The molecule has 7 heteroatoms. The van der Waals surface area contributed by atoms with E-state index in [1.54, 1.807) is 12.1 Å². The van der Waals surface area contributed by atoms with Crippen LogP contribution in [0.2, 0.25) is 0 Å². The van der Waals surface area contributed by atoms with Crippen LogP contribution in [0.5, 0.6) is 0 Å². The Morgan fingerprint density at radius 1 is 1.29 bits per heavy atom. The second-order valence-corrected chi connectivity index (χ2v) is 7.83. The zero-order valence-corrected chi connectivity index (χ0v) is 13.3. The summed E-state index contributed by atoms with van der Waals surface area (Å²) in [6.45, 7) is 6.11. The van der Waals surface area contributed by atoms with Crippen LogP contribution in [0.25, 0.3) is 0 Å². The molecule has 1 rings (SSSR count). The van der Waals surface area contributed by atoms with E-state index in [-0.39, 0.29) is 22.8 Å². The van der Waals surface area contributed by atoms with Crippen molar-refractivity contribution in [2.24, 2.45) is 10.6 Å². The number of benzene rings is 1. The van der Waals surface area contributed by atoms with Gasteiger partial charge in [0.15, 0.2) is 0 Å². The summed E-state index contributed by atoms with van der Waals surface area (Å²) >= 11 is 0. The minimum absolute atomic E-state index is 0.00575. The molecule has 4 N–H and O–H groups in total. The van der Waals surface area contributed by atoms with Gasteiger partial charge in [-0.25, -0.2) is 13.6 Å². The van der Waals surface area contributed by atoms with Crippen molar-refractivity contribution in [1.82, 2.24) is 0 Å². The van der Waals surface area contributed by atoms with Crippen molar-refractivity contribution in [1.29, 1.82) is 0 Å².